The first kappa shape index (κ1) is 16.4. The minimum atomic E-state index is 0.394. The number of benzene rings is 1. The van der Waals surface area contributed by atoms with Crippen LogP contribution in [-0.4, -0.2) is 21.2 Å². The largest absolute Gasteiger partial charge is 0.331 e. The molecule has 3 aromatic rings. The van der Waals surface area contributed by atoms with E-state index in [4.69, 9.17) is 11.6 Å². The molecule has 122 valence electrons. The van der Waals surface area contributed by atoms with Gasteiger partial charge >= 0.3 is 0 Å². The smallest absolute Gasteiger partial charge is 0.243 e. The monoisotopic (exact) mass is 358 g/mol. The third kappa shape index (κ3) is 4.27. The van der Waals surface area contributed by atoms with Gasteiger partial charge in [0.2, 0.25) is 5.95 Å². The number of anilines is 3. The molecule has 0 spiro atoms. The van der Waals surface area contributed by atoms with Crippen LogP contribution < -0.4 is 10.7 Å². The number of halogens is 1. The van der Waals surface area contributed by atoms with Crippen LogP contribution in [0, 0.1) is 13.8 Å². The van der Waals surface area contributed by atoms with Crippen molar-refractivity contribution in [2.45, 2.75) is 13.8 Å². The number of hydrogen-bond acceptors (Lipinski definition) is 7. The summed E-state index contributed by atoms with van der Waals surface area (Å²) in [5, 5.41) is 8.44. The molecule has 2 aromatic heterocycles. The number of hydrazone groups is 1. The van der Waals surface area contributed by atoms with Crippen LogP contribution >= 0.6 is 22.9 Å². The van der Waals surface area contributed by atoms with E-state index in [1.54, 1.807) is 6.21 Å². The van der Waals surface area contributed by atoms with Gasteiger partial charge in [0.1, 0.15) is 0 Å². The molecule has 0 amide bonds. The molecule has 0 saturated heterocycles. The SMILES string of the molecule is Cc1cc(C)nc(N/N=C/c2sc(Nc3ccccc3)nc2Cl)n1. The highest BCUT2D eigenvalue weighted by molar-refractivity contribution is 7.17. The number of nitrogens with one attached hydrogen (secondary N) is 2. The van der Waals surface area contributed by atoms with Crippen molar-refractivity contribution in [2.24, 2.45) is 5.10 Å². The van der Waals surface area contributed by atoms with Crippen LogP contribution in [0.25, 0.3) is 0 Å². The third-order valence-electron chi connectivity index (χ3n) is 2.96. The van der Waals surface area contributed by atoms with Gasteiger partial charge in [0, 0.05) is 17.1 Å². The Morgan fingerprint density at radius 2 is 1.79 bits per heavy atom. The van der Waals surface area contributed by atoms with Crippen LogP contribution in [0.5, 0.6) is 0 Å². The molecule has 1 aromatic carbocycles. The van der Waals surface area contributed by atoms with Crippen molar-refractivity contribution in [3.05, 3.63) is 57.8 Å². The van der Waals surface area contributed by atoms with Gasteiger partial charge in [-0.05, 0) is 32.0 Å². The van der Waals surface area contributed by atoms with Crippen molar-refractivity contribution in [3.8, 4) is 0 Å². The molecule has 6 nitrogen and oxygen atoms in total. The van der Waals surface area contributed by atoms with E-state index in [-0.39, 0.29) is 0 Å². The Morgan fingerprint density at radius 1 is 1.08 bits per heavy atom. The topological polar surface area (TPSA) is 75.1 Å². The Kier molecular flexibility index (Phi) is 5.02. The molecular formula is C16H15ClN6S. The van der Waals surface area contributed by atoms with Gasteiger partial charge in [0.05, 0.1) is 11.1 Å². The van der Waals surface area contributed by atoms with Crippen LogP contribution in [0.2, 0.25) is 5.15 Å². The summed E-state index contributed by atoms with van der Waals surface area (Å²) >= 11 is 7.56. The number of aryl methyl sites for hydroxylation is 2. The lowest BCUT2D eigenvalue weighted by molar-refractivity contribution is 1.04. The summed E-state index contributed by atoms with van der Waals surface area (Å²) in [7, 11) is 0. The maximum atomic E-state index is 6.15. The second-order valence-corrected chi connectivity index (χ2v) is 6.40. The van der Waals surface area contributed by atoms with Gasteiger partial charge in [-0.3, -0.25) is 0 Å². The predicted molar refractivity (Wildman–Crippen MR) is 99.6 cm³/mol. The van der Waals surface area contributed by atoms with Crippen LogP contribution in [0.4, 0.5) is 16.8 Å². The average molecular weight is 359 g/mol. The van der Waals surface area contributed by atoms with Crippen LogP contribution in [0.3, 0.4) is 0 Å². The summed E-state index contributed by atoms with van der Waals surface area (Å²) in [6.45, 7) is 3.82. The first-order valence-electron chi connectivity index (χ1n) is 7.20. The molecule has 0 unspecified atom stereocenters. The van der Waals surface area contributed by atoms with Crippen molar-refractivity contribution >= 4 is 45.9 Å². The van der Waals surface area contributed by atoms with Crippen molar-refractivity contribution in [1.82, 2.24) is 15.0 Å². The Balaban J connectivity index is 1.69. The van der Waals surface area contributed by atoms with Crippen LogP contribution in [-0.2, 0) is 0 Å². The zero-order valence-corrected chi connectivity index (χ0v) is 14.7. The molecule has 3 rings (SSSR count). The van der Waals surface area contributed by atoms with Crippen molar-refractivity contribution < 1.29 is 0 Å². The summed E-state index contributed by atoms with van der Waals surface area (Å²) in [6.07, 6.45) is 1.61. The average Bonchev–Trinajstić information content (AvgIpc) is 2.87. The van der Waals surface area contributed by atoms with Crippen LogP contribution in [0.15, 0.2) is 41.5 Å². The van der Waals surface area contributed by atoms with Crippen molar-refractivity contribution in [2.75, 3.05) is 10.7 Å². The maximum Gasteiger partial charge on any atom is 0.243 e. The molecular weight excluding hydrogens is 344 g/mol. The van der Waals surface area contributed by atoms with Gasteiger partial charge in [-0.2, -0.15) is 5.10 Å². The molecule has 2 heterocycles. The molecule has 0 aliphatic carbocycles. The summed E-state index contributed by atoms with van der Waals surface area (Å²) in [6, 6.07) is 11.7. The second-order valence-electron chi connectivity index (χ2n) is 5.01. The molecule has 0 radical (unpaired) electrons. The number of para-hydroxylation sites is 1. The van der Waals surface area contributed by atoms with Gasteiger partial charge < -0.3 is 5.32 Å². The Hall–Kier alpha value is -2.51. The van der Waals surface area contributed by atoms with Crippen molar-refractivity contribution in [3.63, 3.8) is 0 Å². The molecule has 24 heavy (non-hydrogen) atoms. The summed E-state index contributed by atoms with van der Waals surface area (Å²) in [5.41, 5.74) is 5.52. The Morgan fingerprint density at radius 3 is 2.50 bits per heavy atom. The second kappa shape index (κ2) is 7.37. The van der Waals surface area contributed by atoms with E-state index < -0.39 is 0 Å². The molecule has 0 aliphatic heterocycles. The molecule has 0 aliphatic rings. The molecule has 0 atom stereocenters. The Labute approximate surface area is 148 Å². The molecule has 8 heteroatoms. The molecule has 0 bridgehead atoms. The quantitative estimate of drug-likeness (QED) is 0.522. The maximum absolute atomic E-state index is 6.15. The fourth-order valence-electron chi connectivity index (χ4n) is 2.02. The fourth-order valence-corrected chi connectivity index (χ4v) is 3.06. The number of rotatable bonds is 5. The van der Waals surface area contributed by atoms with E-state index in [2.05, 4.69) is 30.8 Å². The predicted octanol–water partition coefficient (Wildman–Crippen LogP) is 4.39. The standard InChI is InChI=1S/C16H15ClN6S/c1-10-8-11(2)20-15(19-10)23-18-9-13-14(17)22-16(24-13)21-12-6-4-3-5-7-12/h3-9H,1-2H3,(H,21,22)(H,19,20,23)/b18-9+. The summed E-state index contributed by atoms with van der Waals surface area (Å²) in [4.78, 5) is 13.5. The van der Waals surface area contributed by atoms with Gasteiger partial charge in [-0.25, -0.2) is 20.4 Å². The third-order valence-corrected chi connectivity index (χ3v) is 4.27. The number of aromatic nitrogens is 3. The van der Waals surface area contributed by atoms with Gasteiger partial charge in [0.15, 0.2) is 10.3 Å². The lowest BCUT2D eigenvalue weighted by Crippen LogP contribution is -1.99. The molecule has 2 N–H and O–H groups in total. The number of thiazole rings is 1. The van der Waals surface area contributed by atoms with Gasteiger partial charge in [0.25, 0.3) is 0 Å². The first-order chi connectivity index (χ1) is 11.6. The van der Waals surface area contributed by atoms with E-state index in [1.165, 1.54) is 11.3 Å². The molecule has 0 saturated carbocycles. The first-order valence-corrected chi connectivity index (χ1v) is 8.39. The number of nitrogens with zero attached hydrogens (tertiary/aromatic N) is 4. The highest BCUT2D eigenvalue weighted by atomic mass is 35.5. The summed E-state index contributed by atoms with van der Waals surface area (Å²) < 4.78 is 0. The minimum Gasteiger partial charge on any atom is -0.331 e. The highest BCUT2D eigenvalue weighted by Crippen LogP contribution is 2.27. The van der Waals surface area contributed by atoms with Crippen LogP contribution in [0.1, 0.15) is 16.3 Å². The van der Waals surface area contributed by atoms with E-state index in [0.29, 0.717) is 16.2 Å². The lowest BCUT2D eigenvalue weighted by Gasteiger charge is -2.01. The molecule has 0 fully saturated rings. The minimum absolute atomic E-state index is 0.394. The zero-order chi connectivity index (χ0) is 16.9. The van der Waals surface area contributed by atoms with Gasteiger partial charge in [-0.15, -0.1) is 0 Å². The fraction of sp³-hybridized carbons (Fsp3) is 0.125. The Bertz CT molecular complexity index is 842. The summed E-state index contributed by atoms with van der Waals surface area (Å²) in [5.74, 6) is 0.451. The van der Waals surface area contributed by atoms with E-state index >= 15 is 0 Å². The zero-order valence-electron chi connectivity index (χ0n) is 13.1. The normalized spacial score (nSPS) is 11.0. The van der Waals surface area contributed by atoms with E-state index in [1.807, 2.05) is 50.2 Å². The van der Waals surface area contributed by atoms with E-state index in [9.17, 15) is 0 Å². The lowest BCUT2D eigenvalue weighted by atomic mass is 10.3. The highest BCUT2D eigenvalue weighted by Gasteiger charge is 2.07. The van der Waals surface area contributed by atoms with E-state index in [0.717, 1.165) is 22.0 Å². The number of hydrogen-bond donors (Lipinski definition) is 2. The van der Waals surface area contributed by atoms with Gasteiger partial charge in [-0.1, -0.05) is 41.1 Å². The van der Waals surface area contributed by atoms with Crippen molar-refractivity contribution in [1.29, 1.82) is 0 Å².